The number of nitriles is 1. The molecule has 4 rings (SSSR count). The molecule has 0 saturated heterocycles. The van der Waals surface area contributed by atoms with Crippen molar-refractivity contribution in [2.24, 2.45) is 0 Å². The summed E-state index contributed by atoms with van der Waals surface area (Å²) >= 11 is 0. The molecule has 2 nitrogen and oxygen atoms in total. The maximum atomic E-state index is 14.0. The van der Waals surface area contributed by atoms with Crippen LogP contribution in [0.2, 0.25) is 0 Å². The Morgan fingerprint density at radius 1 is 0.917 bits per heavy atom. The minimum Gasteiger partial charge on any atom is -0.298 e. The molecule has 1 atom stereocenters. The van der Waals surface area contributed by atoms with Crippen molar-refractivity contribution in [3.63, 3.8) is 0 Å². The average molecular weight is 486 g/mol. The minimum absolute atomic E-state index is 0.0518. The number of allylic oxidation sites excluding steroid dienone is 2. The third kappa shape index (κ3) is 8.61. The van der Waals surface area contributed by atoms with Crippen molar-refractivity contribution in [3.8, 4) is 17.2 Å². The van der Waals surface area contributed by atoms with Crippen LogP contribution in [0.25, 0.3) is 16.7 Å². The first-order chi connectivity index (χ1) is 17.5. The van der Waals surface area contributed by atoms with E-state index in [0.717, 1.165) is 35.0 Å². The summed E-state index contributed by atoms with van der Waals surface area (Å²) in [6.07, 6.45) is 7.47. The van der Waals surface area contributed by atoms with Gasteiger partial charge in [-0.2, -0.15) is 5.26 Å². The third-order valence-corrected chi connectivity index (χ3v) is 5.47. The fourth-order valence-corrected chi connectivity index (χ4v) is 3.53. The Morgan fingerprint density at radius 3 is 2.03 bits per heavy atom. The van der Waals surface area contributed by atoms with E-state index in [1.54, 1.807) is 18.2 Å². The molecule has 0 heterocycles. The van der Waals surface area contributed by atoms with E-state index in [4.69, 9.17) is 0 Å². The second-order valence-electron chi connectivity index (χ2n) is 8.35. The minimum atomic E-state index is -0.192. The van der Waals surface area contributed by atoms with E-state index in [2.05, 4.69) is 33.8 Å². The lowest BCUT2D eigenvalue weighted by molar-refractivity contribution is 0.112. The lowest BCUT2D eigenvalue weighted by Crippen LogP contribution is -2.09. The van der Waals surface area contributed by atoms with E-state index in [0.29, 0.717) is 16.7 Å². The molecule has 0 bridgehead atoms. The number of unbranched alkanes of at least 4 members (excludes halogenated alkanes) is 1. The van der Waals surface area contributed by atoms with Crippen LogP contribution in [0.5, 0.6) is 0 Å². The molecular weight excluding hydrogens is 445 g/mol. The van der Waals surface area contributed by atoms with Crippen LogP contribution < -0.4 is 0 Å². The molecule has 0 amide bonds. The number of nitrogens with zero attached hydrogens (tertiary/aromatic N) is 1. The molecular formula is C33H40FNO. The molecule has 3 heteroatoms. The van der Waals surface area contributed by atoms with Crippen LogP contribution >= 0.6 is 0 Å². The molecule has 36 heavy (non-hydrogen) atoms. The second kappa shape index (κ2) is 17.0. The van der Waals surface area contributed by atoms with Gasteiger partial charge in [-0.15, -0.1) is 0 Å². The number of aldehydes is 1. The van der Waals surface area contributed by atoms with Gasteiger partial charge in [0.15, 0.2) is 0 Å². The van der Waals surface area contributed by atoms with E-state index in [1.165, 1.54) is 25.3 Å². The summed E-state index contributed by atoms with van der Waals surface area (Å²) in [7, 11) is 0. The average Bonchev–Trinajstić information content (AvgIpc) is 2.90. The topological polar surface area (TPSA) is 40.9 Å². The van der Waals surface area contributed by atoms with Gasteiger partial charge in [-0.05, 0) is 64.6 Å². The zero-order valence-electron chi connectivity index (χ0n) is 22.6. The maximum Gasteiger partial charge on any atom is 0.150 e. The monoisotopic (exact) mass is 485 g/mol. The van der Waals surface area contributed by atoms with Gasteiger partial charge >= 0.3 is 0 Å². The molecule has 1 aliphatic rings. The smallest absolute Gasteiger partial charge is 0.150 e. The van der Waals surface area contributed by atoms with Crippen LogP contribution in [0, 0.1) is 17.1 Å². The van der Waals surface area contributed by atoms with E-state index in [-0.39, 0.29) is 11.7 Å². The van der Waals surface area contributed by atoms with Crippen molar-refractivity contribution in [2.45, 2.75) is 73.1 Å². The van der Waals surface area contributed by atoms with Crippen LogP contribution in [0.1, 0.15) is 100 Å². The first kappa shape index (κ1) is 30.5. The summed E-state index contributed by atoms with van der Waals surface area (Å²) in [5.74, 6) is -0.140. The van der Waals surface area contributed by atoms with E-state index in [1.807, 2.05) is 62.4 Å². The lowest BCUT2D eigenvalue weighted by Gasteiger charge is -2.27. The van der Waals surface area contributed by atoms with Gasteiger partial charge in [-0.1, -0.05) is 103 Å². The molecule has 0 fully saturated rings. The molecule has 0 aliphatic heterocycles. The number of hydrogen-bond acceptors (Lipinski definition) is 2. The van der Waals surface area contributed by atoms with Crippen molar-refractivity contribution >= 4 is 11.9 Å². The number of rotatable bonds is 5. The molecule has 0 saturated carbocycles. The van der Waals surface area contributed by atoms with Crippen LogP contribution in [-0.2, 0) is 0 Å². The van der Waals surface area contributed by atoms with E-state index in [9.17, 15) is 14.4 Å². The summed E-state index contributed by atoms with van der Waals surface area (Å²) in [5.41, 5.74) is 5.49. The molecule has 3 aromatic rings. The zero-order valence-corrected chi connectivity index (χ0v) is 22.6. The fourth-order valence-electron chi connectivity index (χ4n) is 3.53. The molecule has 190 valence electrons. The summed E-state index contributed by atoms with van der Waals surface area (Å²) in [4.78, 5) is 11.4. The van der Waals surface area contributed by atoms with Crippen LogP contribution in [0.4, 0.5) is 4.39 Å². The Balaban J connectivity index is 0.000000633. The first-order valence-electron chi connectivity index (χ1n) is 13.1. The highest BCUT2D eigenvalue weighted by molar-refractivity contribution is 5.85. The fraction of sp³-hybridized carbons (Fsp3) is 0.333. The van der Waals surface area contributed by atoms with Gasteiger partial charge < -0.3 is 0 Å². The molecule has 1 aliphatic carbocycles. The largest absolute Gasteiger partial charge is 0.298 e. The van der Waals surface area contributed by atoms with Crippen molar-refractivity contribution in [1.29, 1.82) is 5.26 Å². The highest BCUT2D eigenvalue weighted by Gasteiger charge is 2.24. The molecule has 0 radical (unpaired) electrons. The molecule has 3 aromatic carbocycles. The Morgan fingerprint density at radius 2 is 1.47 bits per heavy atom. The highest BCUT2D eigenvalue weighted by atomic mass is 19.1. The van der Waals surface area contributed by atoms with Crippen molar-refractivity contribution in [3.05, 3.63) is 101 Å². The summed E-state index contributed by atoms with van der Waals surface area (Å²) in [6.45, 7) is 12.6. The number of carbonyl (C=O) groups is 1. The number of benzene rings is 3. The molecule has 0 aromatic heterocycles. The summed E-state index contributed by atoms with van der Waals surface area (Å²) in [5, 5.41) is 9.36. The Bertz CT molecular complexity index is 1150. The maximum absolute atomic E-state index is 14.0. The Hall–Kier alpha value is -3.51. The molecule has 0 N–H and O–H groups in total. The Labute approximate surface area is 217 Å². The van der Waals surface area contributed by atoms with Crippen LogP contribution in [0.15, 0.2) is 72.8 Å². The van der Waals surface area contributed by atoms with Gasteiger partial charge in [0.2, 0.25) is 0 Å². The van der Waals surface area contributed by atoms with Gasteiger partial charge in [0, 0.05) is 11.5 Å². The molecule has 0 spiro atoms. The SMILES string of the molecule is CC.CCC.CCCC.N#Cc1ccccc1-c1cc(C=O)cc(C2=CC(c3ccccc3F)C2)c1. The normalized spacial score (nSPS) is 13.1. The predicted molar refractivity (Wildman–Crippen MR) is 152 cm³/mol. The van der Waals surface area contributed by atoms with Gasteiger partial charge in [-0.25, -0.2) is 4.39 Å². The lowest BCUT2D eigenvalue weighted by atomic mass is 9.77. The number of carbonyl (C=O) groups excluding carboxylic acids is 1. The Kier molecular flexibility index (Phi) is 14.4. The van der Waals surface area contributed by atoms with Gasteiger partial charge in [0.1, 0.15) is 12.1 Å². The predicted octanol–water partition coefficient (Wildman–Crippen LogP) is 10.00. The van der Waals surface area contributed by atoms with E-state index >= 15 is 0 Å². The summed E-state index contributed by atoms with van der Waals surface area (Å²) < 4.78 is 14.0. The first-order valence-corrected chi connectivity index (χ1v) is 13.1. The van der Waals surface area contributed by atoms with Gasteiger partial charge in [-0.3, -0.25) is 4.79 Å². The van der Waals surface area contributed by atoms with Crippen molar-refractivity contribution in [2.75, 3.05) is 0 Å². The third-order valence-electron chi connectivity index (χ3n) is 5.47. The molecule has 1 unspecified atom stereocenters. The highest BCUT2D eigenvalue weighted by Crippen LogP contribution is 2.42. The van der Waals surface area contributed by atoms with Gasteiger partial charge in [0.05, 0.1) is 11.6 Å². The quantitative estimate of drug-likeness (QED) is 0.337. The van der Waals surface area contributed by atoms with Crippen molar-refractivity contribution in [1.82, 2.24) is 0 Å². The van der Waals surface area contributed by atoms with Crippen molar-refractivity contribution < 1.29 is 9.18 Å². The van der Waals surface area contributed by atoms with E-state index < -0.39 is 0 Å². The number of hydrogen-bond donors (Lipinski definition) is 0. The summed E-state index contributed by atoms with van der Waals surface area (Å²) in [6, 6.07) is 22.0. The zero-order chi connectivity index (χ0) is 26.9. The number of halogens is 1. The second-order valence-corrected chi connectivity index (χ2v) is 8.35. The van der Waals surface area contributed by atoms with Gasteiger partial charge in [0.25, 0.3) is 0 Å². The standard InChI is InChI=1S/C24H16FNO.C4H10.C3H8.C2H6/c25-24-8-4-3-7-23(24)21-12-19(13-21)18-9-16(15-27)10-20(11-18)22-6-2-1-5-17(22)14-26;1-3-4-2;1-3-2;1-2/h1-12,15,21H,13H2;3-4H2,1-2H3;3H2,1-2H3;1-2H3. The van der Waals surface area contributed by atoms with Crippen LogP contribution in [0.3, 0.4) is 0 Å². The van der Waals surface area contributed by atoms with Crippen LogP contribution in [-0.4, -0.2) is 6.29 Å².